The van der Waals surface area contributed by atoms with Crippen molar-refractivity contribution in [1.29, 1.82) is 0 Å². The van der Waals surface area contributed by atoms with Gasteiger partial charge in [0.2, 0.25) is 0 Å². The van der Waals surface area contributed by atoms with Gasteiger partial charge < -0.3 is 5.11 Å². The molecule has 0 spiro atoms. The summed E-state index contributed by atoms with van der Waals surface area (Å²) in [5, 5.41) is 12.0. The molecule has 0 bridgehead atoms. The Morgan fingerprint density at radius 2 is 1.81 bits per heavy atom. The predicted molar refractivity (Wildman–Crippen MR) is 86.1 cm³/mol. The Morgan fingerprint density at radius 1 is 1.05 bits per heavy atom. The van der Waals surface area contributed by atoms with Crippen LogP contribution in [0.5, 0.6) is 0 Å². The summed E-state index contributed by atoms with van der Waals surface area (Å²) in [4.78, 5) is 11.5. The van der Waals surface area contributed by atoms with Crippen LogP contribution in [-0.2, 0) is 0 Å². The molecule has 0 amide bonds. The second-order valence-electron chi connectivity index (χ2n) is 4.97. The van der Waals surface area contributed by atoms with Crippen molar-refractivity contribution in [1.82, 2.24) is 0 Å². The third kappa shape index (κ3) is 2.39. The number of halogens is 1. The maximum absolute atomic E-state index is 11.5. The largest absolute Gasteiger partial charge is 0.478 e. The molecule has 3 aromatic carbocycles. The zero-order valence-corrected chi connectivity index (χ0v) is 12.2. The third-order valence-electron chi connectivity index (χ3n) is 3.62. The fourth-order valence-electron chi connectivity index (χ4n) is 2.65. The van der Waals surface area contributed by atoms with Gasteiger partial charge in [-0.1, -0.05) is 54.1 Å². The summed E-state index contributed by atoms with van der Waals surface area (Å²) < 4.78 is 0. The van der Waals surface area contributed by atoms with Crippen LogP contribution in [0.15, 0.2) is 54.6 Å². The second kappa shape index (κ2) is 5.23. The molecule has 0 saturated heterocycles. The van der Waals surface area contributed by atoms with Crippen molar-refractivity contribution in [3.8, 4) is 11.1 Å². The molecule has 0 aliphatic heterocycles. The Kier molecular flexibility index (Phi) is 3.40. The maximum Gasteiger partial charge on any atom is 0.336 e. The van der Waals surface area contributed by atoms with Crippen molar-refractivity contribution < 1.29 is 9.90 Å². The van der Waals surface area contributed by atoms with Gasteiger partial charge in [-0.2, -0.15) is 0 Å². The van der Waals surface area contributed by atoms with Crippen LogP contribution in [0.2, 0.25) is 5.02 Å². The smallest absolute Gasteiger partial charge is 0.336 e. The van der Waals surface area contributed by atoms with E-state index < -0.39 is 5.97 Å². The van der Waals surface area contributed by atoms with Gasteiger partial charge in [-0.3, -0.25) is 0 Å². The Labute approximate surface area is 127 Å². The van der Waals surface area contributed by atoms with Gasteiger partial charge in [0.1, 0.15) is 0 Å². The summed E-state index contributed by atoms with van der Waals surface area (Å²) in [6, 6.07) is 17.0. The van der Waals surface area contributed by atoms with Crippen molar-refractivity contribution in [2.24, 2.45) is 0 Å². The van der Waals surface area contributed by atoms with E-state index in [-0.39, 0.29) is 5.56 Å². The number of hydrogen-bond acceptors (Lipinski definition) is 1. The molecule has 104 valence electrons. The molecule has 2 nitrogen and oxygen atoms in total. The van der Waals surface area contributed by atoms with Crippen molar-refractivity contribution in [2.45, 2.75) is 6.92 Å². The van der Waals surface area contributed by atoms with E-state index in [1.165, 1.54) is 6.07 Å². The monoisotopic (exact) mass is 296 g/mol. The van der Waals surface area contributed by atoms with Crippen LogP contribution in [0, 0.1) is 6.92 Å². The number of carboxylic acids is 1. The molecule has 0 unspecified atom stereocenters. The summed E-state index contributed by atoms with van der Waals surface area (Å²) in [5.74, 6) is -0.972. The maximum atomic E-state index is 11.5. The van der Waals surface area contributed by atoms with Crippen molar-refractivity contribution >= 4 is 28.3 Å². The minimum absolute atomic E-state index is 0.224. The molecule has 0 aliphatic rings. The SMILES string of the molecule is Cc1ccc2ccccc2c1-c1ccc(Cl)cc1C(=O)O. The van der Waals surface area contributed by atoms with Gasteiger partial charge in [-0.25, -0.2) is 4.79 Å². The lowest BCUT2D eigenvalue weighted by Crippen LogP contribution is -2.00. The molecule has 0 aromatic heterocycles. The molecule has 3 heteroatoms. The predicted octanol–water partition coefficient (Wildman–Crippen LogP) is 5.17. The van der Waals surface area contributed by atoms with Gasteiger partial charge in [0.05, 0.1) is 5.56 Å². The van der Waals surface area contributed by atoms with E-state index >= 15 is 0 Å². The van der Waals surface area contributed by atoms with E-state index in [1.807, 2.05) is 43.3 Å². The lowest BCUT2D eigenvalue weighted by molar-refractivity contribution is 0.0698. The third-order valence-corrected chi connectivity index (χ3v) is 3.85. The molecular weight excluding hydrogens is 284 g/mol. The van der Waals surface area contributed by atoms with Gasteiger partial charge in [0, 0.05) is 5.02 Å². The number of rotatable bonds is 2. The number of carbonyl (C=O) groups is 1. The Bertz CT molecular complexity index is 853. The number of fused-ring (bicyclic) bond motifs is 1. The van der Waals surface area contributed by atoms with Crippen LogP contribution in [0.4, 0.5) is 0 Å². The minimum Gasteiger partial charge on any atom is -0.478 e. The number of aromatic carboxylic acids is 1. The number of aryl methyl sites for hydroxylation is 1. The quantitative estimate of drug-likeness (QED) is 0.708. The summed E-state index contributed by atoms with van der Waals surface area (Å²) in [6.07, 6.45) is 0. The van der Waals surface area contributed by atoms with E-state index in [9.17, 15) is 9.90 Å². The molecule has 0 fully saturated rings. The molecule has 0 heterocycles. The average Bonchev–Trinajstić information content (AvgIpc) is 2.47. The molecule has 21 heavy (non-hydrogen) atoms. The number of benzene rings is 3. The highest BCUT2D eigenvalue weighted by Gasteiger charge is 2.16. The zero-order chi connectivity index (χ0) is 15.0. The second-order valence-corrected chi connectivity index (χ2v) is 5.41. The molecule has 0 atom stereocenters. The molecular formula is C18H13ClO2. The lowest BCUT2D eigenvalue weighted by atomic mass is 9.91. The van der Waals surface area contributed by atoms with Gasteiger partial charge in [0.25, 0.3) is 0 Å². The van der Waals surface area contributed by atoms with Gasteiger partial charge in [0.15, 0.2) is 0 Å². The first-order valence-corrected chi connectivity index (χ1v) is 6.97. The zero-order valence-electron chi connectivity index (χ0n) is 11.4. The van der Waals surface area contributed by atoms with Crippen LogP contribution in [0.25, 0.3) is 21.9 Å². The first kappa shape index (κ1) is 13.7. The van der Waals surface area contributed by atoms with Crippen LogP contribution in [0.3, 0.4) is 0 Å². The summed E-state index contributed by atoms with van der Waals surface area (Å²) in [6.45, 7) is 1.99. The molecule has 3 aromatic rings. The van der Waals surface area contributed by atoms with Crippen LogP contribution >= 0.6 is 11.6 Å². The molecule has 0 saturated carbocycles. The highest BCUT2D eigenvalue weighted by atomic mass is 35.5. The highest BCUT2D eigenvalue weighted by molar-refractivity contribution is 6.31. The molecule has 1 N–H and O–H groups in total. The van der Waals surface area contributed by atoms with Crippen LogP contribution in [-0.4, -0.2) is 11.1 Å². The topological polar surface area (TPSA) is 37.3 Å². The molecule has 0 aliphatic carbocycles. The standard InChI is InChI=1S/C18H13ClO2/c1-11-6-7-12-4-2-3-5-14(12)17(11)15-9-8-13(19)10-16(15)18(20)21/h2-10H,1H3,(H,20,21). The van der Waals surface area contributed by atoms with E-state index in [0.717, 1.165) is 21.9 Å². The van der Waals surface area contributed by atoms with Crippen LogP contribution < -0.4 is 0 Å². The number of carboxylic acid groups (broad SMARTS) is 1. The minimum atomic E-state index is -0.972. The Hall–Kier alpha value is -2.32. The van der Waals surface area contributed by atoms with E-state index in [1.54, 1.807) is 12.1 Å². The summed E-state index contributed by atoms with van der Waals surface area (Å²) >= 11 is 5.94. The van der Waals surface area contributed by atoms with Crippen LogP contribution in [0.1, 0.15) is 15.9 Å². The van der Waals surface area contributed by atoms with E-state index in [2.05, 4.69) is 0 Å². The fourth-order valence-corrected chi connectivity index (χ4v) is 2.82. The normalized spacial score (nSPS) is 10.8. The van der Waals surface area contributed by atoms with Gasteiger partial charge in [-0.15, -0.1) is 0 Å². The molecule has 3 rings (SSSR count). The van der Waals surface area contributed by atoms with E-state index in [4.69, 9.17) is 11.6 Å². The Morgan fingerprint density at radius 3 is 2.57 bits per heavy atom. The van der Waals surface area contributed by atoms with Crippen molar-refractivity contribution in [2.75, 3.05) is 0 Å². The highest BCUT2D eigenvalue weighted by Crippen LogP contribution is 2.35. The van der Waals surface area contributed by atoms with Gasteiger partial charge in [-0.05, 0) is 46.5 Å². The average molecular weight is 297 g/mol. The summed E-state index contributed by atoms with van der Waals surface area (Å²) in [5.41, 5.74) is 2.91. The van der Waals surface area contributed by atoms with Crippen molar-refractivity contribution in [3.05, 3.63) is 70.7 Å². The van der Waals surface area contributed by atoms with Crippen molar-refractivity contribution in [3.63, 3.8) is 0 Å². The van der Waals surface area contributed by atoms with E-state index in [0.29, 0.717) is 10.6 Å². The molecule has 0 radical (unpaired) electrons. The Balaban J connectivity index is 2.41. The number of hydrogen-bond donors (Lipinski definition) is 1. The summed E-state index contributed by atoms with van der Waals surface area (Å²) in [7, 11) is 0. The lowest BCUT2D eigenvalue weighted by Gasteiger charge is -2.13. The fraction of sp³-hybridized carbons (Fsp3) is 0.0556. The first-order chi connectivity index (χ1) is 10.1. The first-order valence-electron chi connectivity index (χ1n) is 6.59. The van der Waals surface area contributed by atoms with Gasteiger partial charge >= 0.3 is 5.97 Å².